The number of nitrogens with one attached hydrogen (secondary N) is 2. The molecule has 0 amide bonds. The molecule has 3 N–H and O–H groups in total. The van der Waals surface area contributed by atoms with Gasteiger partial charge in [0, 0.05) is 24.2 Å². The summed E-state index contributed by atoms with van der Waals surface area (Å²) >= 11 is 0. The van der Waals surface area contributed by atoms with Crippen LogP contribution in [0.2, 0.25) is 0 Å². The maximum absolute atomic E-state index is 9.25. The van der Waals surface area contributed by atoms with Gasteiger partial charge in [-0.1, -0.05) is 12.1 Å². The molecule has 0 spiro atoms. The first kappa shape index (κ1) is 13.8. The molecule has 0 fully saturated rings. The molecule has 4 nitrogen and oxygen atoms in total. The summed E-state index contributed by atoms with van der Waals surface area (Å²) in [5.41, 5.74) is 5.87. The summed E-state index contributed by atoms with van der Waals surface area (Å²) in [6.45, 7) is 7.27. The highest BCUT2D eigenvalue weighted by Crippen LogP contribution is 2.23. The van der Waals surface area contributed by atoms with Gasteiger partial charge in [0.25, 0.3) is 0 Å². The molecule has 0 aliphatic rings. The zero-order chi connectivity index (χ0) is 13.8. The van der Waals surface area contributed by atoms with Gasteiger partial charge in [-0.05, 0) is 38.0 Å². The highest BCUT2D eigenvalue weighted by Gasteiger charge is 2.08. The number of aliphatic hydroxyl groups is 1. The minimum atomic E-state index is -0.336. The third-order valence-corrected chi connectivity index (χ3v) is 3.27. The SMILES string of the molecule is Cc1ccc(-c2[nH]ncc2CNCC(C)O)cc1C. The van der Waals surface area contributed by atoms with Crippen LogP contribution < -0.4 is 5.32 Å². The van der Waals surface area contributed by atoms with Crippen LogP contribution in [0, 0.1) is 13.8 Å². The number of aryl methyl sites for hydroxylation is 2. The standard InChI is InChI=1S/C15H21N3O/c1-10-4-5-13(6-11(10)2)15-14(9-17-18-15)8-16-7-12(3)19/h4-6,9,12,16,19H,7-8H2,1-3H3,(H,17,18). The van der Waals surface area contributed by atoms with Gasteiger partial charge in [-0.2, -0.15) is 5.10 Å². The maximum atomic E-state index is 9.25. The van der Waals surface area contributed by atoms with E-state index in [-0.39, 0.29) is 6.10 Å². The zero-order valence-electron chi connectivity index (χ0n) is 11.7. The van der Waals surface area contributed by atoms with E-state index >= 15 is 0 Å². The topological polar surface area (TPSA) is 60.9 Å². The molecule has 4 heteroatoms. The molecule has 0 bridgehead atoms. The van der Waals surface area contributed by atoms with E-state index in [0.717, 1.165) is 16.8 Å². The van der Waals surface area contributed by atoms with E-state index in [4.69, 9.17) is 0 Å². The zero-order valence-corrected chi connectivity index (χ0v) is 11.7. The summed E-state index contributed by atoms with van der Waals surface area (Å²) < 4.78 is 0. The molecule has 1 atom stereocenters. The van der Waals surface area contributed by atoms with Crippen LogP contribution >= 0.6 is 0 Å². The molecular weight excluding hydrogens is 238 g/mol. The third-order valence-electron chi connectivity index (χ3n) is 3.27. The second-order valence-corrected chi connectivity index (χ2v) is 5.05. The van der Waals surface area contributed by atoms with Crippen molar-refractivity contribution in [1.82, 2.24) is 15.5 Å². The number of hydrogen-bond acceptors (Lipinski definition) is 3. The Morgan fingerprint density at radius 2 is 2.11 bits per heavy atom. The van der Waals surface area contributed by atoms with Crippen LogP contribution in [-0.4, -0.2) is 28.0 Å². The number of aromatic nitrogens is 2. The van der Waals surface area contributed by atoms with Crippen molar-refractivity contribution < 1.29 is 5.11 Å². The quantitative estimate of drug-likeness (QED) is 0.771. The highest BCUT2D eigenvalue weighted by atomic mass is 16.3. The molecule has 19 heavy (non-hydrogen) atoms. The van der Waals surface area contributed by atoms with Crippen LogP contribution in [0.1, 0.15) is 23.6 Å². The van der Waals surface area contributed by atoms with Crippen LogP contribution in [0.4, 0.5) is 0 Å². The van der Waals surface area contributed by atoms with Crippen molar-refractivity contribution in [3.05, 3.63) is 41.1 Å². The lowest BCUT2D eigenvalue weighted by molar-refractivity contribution is 0.191. The molecule has 0 saturated carbocycles. The van der Waals surface area contributed by atoms with Crippen LogP contribution in [0.5, 0.6) is 0 Å². The molecule has 102 valence electrons. The van der Waals surface area contributed by atoms with Crippen molar-refractivity contribution in [1.29, 1.82) is 0 Å². The fourth-order valence-corrected chi connectivity index (χ4v) is 2.01. The minimum absolute atomic E-state index is 0.336. The van der Waals surface area contributed by atoms with E-state index in [9.17, 15) is 5.11 Å². The van der Waals surface area contributed by atoms with Gasteiger partial charge in [0.2, 0.25) is 0 Å². The number of aliphatic hydroxyl groups excluding tert-OH is 1. The molecule has 0 aliphatic heterocycles. The second-order valence-electron chi connectivity index (χ2n) is 5.05. The van der Waals surface area contributed by atoms with Crippen LogP contribution in [0.25, 0.3) is 11.3 Å². The number of rotatable bonds is 5. The molecule has 1 aromatic heterocycles. The Morgan fingerprint density at radius 3 is 2.79 bits per heavy atom. The van der Waals surface area contributed by atoms with Crippen LogP contribution in [-0.2, 0) is 6.54 Å². The van der Waals surface area contributed by atoms with E-state index in [1.54, 1.807) is 6.92 Å². The van der Waals surface area contributed by atoms with Crippen molar-refractivity contribution >= 4 is 0 Å². The van der Waals surface area contributed by atoms with E-state index < -0.39 is 0 Å². The summed E-state index contributed by atoms with van der Waals surface area (Å²) in [5.74, 6) is 0. The highest BCUT2D eigenvalue weighted by molar-refractivity contribution is 5.64. The van der Waals surface area contributed by atoms with Gasteiger partial charge in [-0.25, -0.2) is 0 Å². The Bertz CT molecular complexity index is 546. The van der Waals surface area contributed by atoms with Gasteiger partial charge in [0.15, 0.2) is 0 Å². The van der Waals surface area contributed by atoms with Crippen molar-refractivity contribution in [2.24, 2.45) is 0 Å². The Balaban J connectivity index is 2.16. The molecule has 1 aromatic carbocycles. The predicted octanol–water partition coefficient (Wildman–Crippen LogP) is 2.16. The molecule has 0 aliphatic carbocycles. The van der Waals surface area contributed by atoms with E-state index in [1.165, 1.54) is 11.1 Å². The smallest absolute Gasteiger partial charge is 0.0695 e. The fourth-order valence-electron chi connectivity index (χ4n) is 2.01. The van der Waals surface area contributed by atoms with Gasteiger partial charge in [0.1, 0.15) is 0 Å². The van der Waals surface area contributed by atoms with E-state index in [1.807, 2.05) is 6.20 Å². The Hall–Kier alpha value is -1.65. The molecule has 1 unspecified atom stereocenters. The molecular formula is C15H21N3O. The average Bonchev–Trinajstić information content (AvgIpc) is 2.80. The average molecular weight is 259 g/mol. The fraction of sp³-hybridized carbons (Fsp3) is 0.400. The monoisotopic (exact) mass is 259 g/mol. The maximum Gasteiger partial charge on any atom is 0.0695 e. The lowest BCUT2D eigenvalue weighted by Gasteiger charge is -2.08. The van der Waals surface area contributed by atoms with Gasteiger partial charge in [-0.3, -0.25) is 5.10 Å². The number of nitrogens with zero attached hydrogens (tertiary/aromatic N) is 1. The van der Waals surface area contributed by atoms with Gasteiger partial charge < -0.3 is 10.4 Å². The summed E-state index contributed by atoms with van der Waals surface area (Å²) in [6.07, 6.45) is 1.50. The summed E-state index contributed by atoms with van der Waals surface area (Å²) in [7, 11) is 0. The largest absolute Gasteiger partial charge is 0.392 e. The predicted molar refractivity (Wildman–Crippen MR) is 76.9 cm³/mol. The molecule has 2 rings (SSSR count). The molecule has 0 radical (unpaired) electrons. The molecule has 0 saturated heterocycles. The summed E-state index contributed by atoms with van der Waals surface area (Å²) in [6, 6.07) is 6.40. The second kappa shape index (κ2) is 5.99. The first-order valence-electron chi connectivity index (χ1n) is 6.56. The number of aromatic amines is 1. The van der Waals surface area contributed by atoms with Crippen molar-refractivity contribution in [2.45, 2.75) is 33.4 Å². The van der Waals surface area contributed by atoms with Gasteiger partial charge >= 0.3 is 0 Å². The van der Waals surface area contributed by atoms with Crippen molar-refractivity contribution in [3.8, 4) is 11.3 Å². The number of benzene rings is 1. The molecule has 1 heterocycles. The van der Waals surface area contributed by atoms with Crippen molar-refractivity contribution in [3.63, 3.8) is 0 Å². The van der Waals surface area contributed by atoms with Crippen molar-refractivity contribution in [2.75, 3.05) is 6.54 Å². The van der Waals surface area contributed by atoms with Gasteiger partial charge in [-0.15, -0.1) is 0 Å². The van der Waals surface area contributed by atoms with Crippen LogP contribution in [0.15, 0.2) is 24.4 Å². The van der Waals surface area contributed by atoms with E-state index in [0.29, 0.717) is 13.1 Å². The third kappa shape index (κ3) is 3.43. The number of hydrogen-bond donors (Lipinski definition) is 3. The first-order valence-corrected chi connectivity index (χ1v) is 6.56. The summed E-state index contributed by atoms with van der Waals surface area (Å²) in [5, 5.41) is 19.6. The number of H-pyrrole nitrogens is 1. The Labute approximate surface area is 113 Å². The van der Waals surface area contributed by atoms with Gasteiger partial charge in [0.05, 0.1) is 18.0 Å². The first-order chi connectivity index (χ1) is 9.08. The summed E-state index contributed by atoms with van der Waals surface area (Å²) in [4.78, 5) is 0. The normalized spacial score (nSPS) is 12.6. The Morgan fingerprint density at radius 1 is 1.32 bits per heavy atom. The van der Waals surface area contributed by atoms with Crippen LogP contribution in [0.3, 0.4) is 0 Å². The lowest BCUT2D eigenvalue weighted by atomic mass is 10.0. The Kier molecular flexibility index (Phi) is 4.35. The minimum Gasteiger partial charge on any atom is -0.392 e. The molecule has 2 aromatic rings. The van der Waals surface area contributed by atoms with E-state index in [2.05, 4.69) is 47.6 Å². The lowest BCUT2D eigenvalue weighted by Crippen LogP contribution is -2.23.